The first-order chi connectivity index (χ1) is 9.44. The molecule has 0 aromatic heterocycles. The molecule has 1 aliphatic rings. The fourth-order valence-corrected chi connectivity index (χ4v) is 2.64. The van der Waals surface area contributed by atoms with Crippen LogP contribution in [-0.2, 0) is 4.74 Å². The second-order valence-corrected chi connectivity index (χ2v) is 5.94. The second kappa shape index (κ2) is 5.80. The summed E-state index contributed by atoms with van der Waals surface area (Å²) in [5.41, 5.74) is 0.828. The Kier molecular flexibility index (Phi) is 4.29. The Morgan fingerprint density at radius 2 is 2.20 bits per heavy atom. The molecule has 2 rings (SSSR count). The van der Waals surface area contributed by atoms with Crippen molar-refractivity contribution < 1.29 is 9.13 Å². The van der Waals surface area contributed by atoms with Crippen molar-refractivity contribution in [3.63, 3.8) is 0 Å². The standard InChI is InChI=1S/C16H21FN2O/c1-11(2)15-9-16(10-18,4-5-20-15)19-14-7-12(3)6-13(17)8-14/h6-8,11,15,19H,4-5,9H2,1-3H3. The number of nitriles is 1. The zero-order valence-corrected chi connectivity index (χ0v) is 12.2. The van der Waals surface area contributed by atoms with E-state index >= 15 is 0 Å². The summed E-state index contributed by atoms with van der Waals surface area (Å²) in [7, 11) is 0. The molecule has 0 bridgehead atoms. The number of nitrogens with zero attached hydrogens (tertiary/aromatic N) is 1. The zero-order valence-electron chi connectivity index (χ0n) is 12.2. The number of nitrogens with one attached hydrogen (secondary N) is 1. The molecule has 2 atom stereocenters. The first-order valence-electron chi connectivity index (χ1n) is 7.02. The highest BCUT2D eigenvalue weighted by molar-refractivity contribution is 5.50. The molecule has 1 heterocycles. The number of hydrogen-bond acceptors (Lipinski definition) is 3. The van der Waals surface area contributed by atoms with Crippen LogP contribution in [0.2, 0.25) is 0 Å². The van der Waals surface area contributed by atoms with Crippen molar-refractivity contribution in [3.8, 4) is 6.07 Å². The van der Waals surface area contributed by atoms with Gasteiger partial charge in [0, 0.05) is 18.5 Å². The summed E-state index contributed by atoms with van der Waals surface area (Å²) in [5.74, 6) is 0.0760. The summed E-state index contributed by atoms with van der Waals surface area (Å²) < 4.78 is 19.2. The van der Waals surface area contributed by atoms with Crippen LogP contribution in [0.3, 0.4) is 0 Å². The smallest absolute Gasteiger partial charge is 0.130 e. The number of halogens is 1. The van der Waals surface area contributed by atoms with Crippen molar-refractivity contribution in [1.29, 1.82) is 5.26 Å². The summed E-state index contributed by atoms with van der Waals surface area (Å²) in [6, 6.07) is 7.15. The van der Waals surface area contributed by atoms with Crippen LogP contribution >= 0.6 is 0 Å². The molecule has 1 saturated heterocycles. The van der Waals surface area contributed by atoms with Crippen LogP contribution in [0, 0.1) is 30.0 Å². The van der Waals surface area contributed by atoms with Gasteiger partial charge in [0.15, 0.2) is 0 Å². The predicted molar refractivity (Wildman–Crippen MR) is 76.9 cm³/mol. The minimum absolute atomic E-state index is 0.0607. The molecule has 3 nitrogen and oxygen atoms in total. The average molecular weight is 276 g/mol. The molecule has 108 valence electrons. The van der Waals surface area contributed by atoms with E-state index in [0.29, 0.717) is 31.1 Å². The largest absolute Gasteiger partial charge is 0.378 e. The molecule has 4 heteroatoms. The normalized spacial score (nSPS) is 26.3. The van der Waals surface area contributed by atoms with Crippen molar-refractivity contribution in [1.82, 2.24) is 0 Å². The Labute approximate surface area is 119 Å². The van der Waals surface area contributed by atoms with Gasteiger partial charge in [-0.15, -0.1) is 0 Å². The van der Waals surface area contributed by atoms with Gasteiger partial charge in [-0.1, -0.05) is 13.8 Å². The fourth-order valence-electron chi connectivity index (χ4n) is 2.64. The summed E-state index contributed by atoms with van der Waals surface area (Å²) in [6.07, 6.45) is 1.30. The molecule has 20 heavy (non-hydrogen) atoms. The van der Waals surface area contributed by atoms with Gasteiger partial charge >= 0.3 is 0 Å². The van der Waals surface area contributed by atoms with Crippen molar-refractivity contribution in [2.45, 2.75) is 45.3 Å². The van der Waals surface area contributed by atoms with Crippen LogP contribution in [0.15, 0.2) is 18.2 Å². The maximum atomic E-state index is 13.5. The third-order valence-electron chi connectivity index (χ3n) is 3.79. The lowest BCUT2D eigenvalue weighted by molar-refractivity contribution is -0.0272. The van der Waals surface area contributed by atoms with E-state index in [1.165, 1.54) is 12.1 Å². The number of rotatable bonds is 3. The minimum Gasteiger partial charge on any atom is -0.378 e. The fraction of sp³-hybridized carbons (Fsp3) is 0.562. The van der Waals surface area contributed by atoms with E-state index in [4.69, 9.17) is 4.74 Å². The average Bonchev–Trinajstić information content (AvgIpc) is 2.37. The van der Waals surface area contributed by atoms with Gasteiger partial charge in [0.1, 0.15) is 11.4 Å². The van der Waals surface area contributed by atoms with E-state index in [1.807, 2.05) is 13.0 Å². The van der Waals surface area contributed by atoms with Crippen molar-refractivity contribution in [2.75, 3.05) is 11.9 Å². The van der Waals surface area contributed by atoms with Gasteiger partial charge in [0.25, 0.3) is 0 Å². The van der Waals surface area contributed by atoms with E-state index < -0.39 is 5.54 Å². The molecule has 1 aromatic rings. The van der Waals surface area contributed by atoms with E-state index in [1.54, 1.807) is 0 Å². The van der Waals surface area contributed by atoms with Gasteiger partial charge in [-0.2, -0.15) is 5.26 Å². The van der Waals surface area contributed by atoms with Crippen LogP contribution in [0.1, 0.15) is 32.3 Å². The predicted octanol–water partition coefficient (Wildman–Crippen LogP) is 3.64. The Hall–Kier alpha value is -1.60. The molecule has 1 aliphatic heterocycles. The third kappa shape index (κ3) is 3.29. The van der Waals surface area contributed by atoms with Gasteiger partial charge in [0.2, 0.25) is 0 Å². The highest BCUT2D eigenvalue weighted by Gasteiger charge is 2.38. The summed E-state index contributed by atoms with van der Waals surface area (Å²) in [5, 5.41) is 12.8. The molecule has 0 amide bonds. The molecule has 2 unspecified atom stereocenters. The Balaban J connectivity index is 2.21. The van der Waals surface area contributed by atoms with E-state index in [9.17, 15) is 9.65 Å². The van der Waals surface area contributed by atoms with Crippen LogP contribution in [0.5, 0.6) is 0 Å². The molecule has 0 aliphatic carbocycles. The lowest BCUT2D eigenvalue weighted by Gasteiger charge is -2.38. The van der Waals surface area contributed by atoms with Crippen LogP contribution in [0.25, 0.3) is 0 Å². The van der Waals surface area contributed by atoms with Crippen molar-refractivity contribution in [3.05, 3.63) is 29.6 Å². The molecule has 0 saturated carbocycles. The van der Waals surface area contributed by atoms with E-state index in [0.717, 1.165) is 5.56 Å². The molecule has 0 radical (unpaired) electrons. The summed E-state index contributed by atoms with van der Waals surface area (Å²) in [4.78, 5) is 0. The number of ether oxygens (including phenoxy) is 1. The quantitative estimate of drug-likeness (QED) is 0.916. The Morgan fingerprint density at radius 3 is 2.80 bits per heavy atom. The molecule has 1 aromatic carbocycles. The number of hydrogen-bond donors (Lipinski definition) is 1. The first kappa shape index (κ1) is 14.8. The highest BCUT2D eigenvalue weighted by atomic mass is 19.1. The van der Waals surface area contributed by atoms with E-state index in [2.05, 4.69) is 25.2 Å². The first-order valence-corrected chi connectivity index (χ1v) is 7.02. The SMILES string of the molecule is Cc1cc(F)cc(NC2(C#N)CCOC(C(C)C)C2)c1. The summed E-state index contributed by atoms with van der Waals surface area (Å²) >= 11 is 0. The Morgan fingerprint density at radius 1 is 1.45 bits per heavy atom. The van der Waals surface area contributed by atoms with Gasteiger partial charge in [0.05, 0.1) is 18.8 Å². The van der Waals surface area contributed by atoms with Crippen LogP contribution in [-0.4, -0.2) is 18.2 Å². The van der Waals surface area contributed by atoms with Gasteiger partial charge in [-0.25, -0.2) is 4.39 Å². The lowest BCUT2D eigenvalue weighted by atomic mass is 9.84. The molecule has 0 spiro atoms. The second-order valence-electron chi connectivity index (χ2n) is 5.94. The van der Waals surface area contributed by atoms with Crippen molar-refractivity contribution in [2.24, 2.45) is 5.92 Å². The van der Waals surface area contributed by atoms with Gasteiger partial charge < -0.3 is 10.1 Å². The maximum absolute atomic E-state index is 13.5. The zero-order chi connectivity index (χ0) is 14.8. The Bertz CT molecular complexity index is 503. The van der Waals surface area contributed by atoms with Gasteiger partial charge in [-0.05, 0) is 36.6 Å². The van der Waals surface area contributed by atoms with Crippen LogP contribution < -0.4 is 5.32 Å². The molecular weight excluding hydrogens is 255 g/mol. The van der Waals surface area contributed by atoms with Gasteiger partial charge in [-0.3, -0.25) is 0 Å². The number of anilines is 1. The minimum atomic E-state index is -0.673. The molecular formula is C16H21FN2O. The maximum Gasteiger partial charge on any atom is 0.130 e. The summed E-state index contributed by atoms with van der Waals surface area (Å²) in [6.45, 7) is 6.57. The third-order valence-corrected chi connectivity index (χ3v) is 3.79. The number of benzene rings is 1. The number of aryl methyl sites for hydroxylation is 1. The molecule has 1 fully saturated rings. The lowest BCUT2D eigenvalue weighted by Crippen LogP contribution is -2.47. The highest BCUT2D eigenvalue weighted by Crippen LogP contribution is 2.31. The monoisotopic (exact) mass is 276 g/mol. The molecule has 1 N–H and O–H groups in total. The van der Waals surface area contributed by atoms with Crippen LogP contribution in [0.4, 0.5) is 10.1 Å². The van der Waals surface area contributed by atoms with E-state index in [-0.39, 0.29) is 11.9 Å². The van der Waals surface area contributed by atoms with Crippen molar-refractivity contribution >= 4 is 5.69 Å². The topological polar surface area (TPSA) is 45.0 Å².